The first-order chi connectivity index (χ1) is 11.6. The van der Waals surface area contributed by atoms with Crippen molar-refractivity contribution in [3.8, 4) is 23.7 Å². The first-order valence-corrected chi connectivity index (χ1v) is 9.06. The zero-order valence-corrected chi connectivity index (χ0v) is 14.6. The van der Waals surface area contributed by atoms with Gasteiger partial charge in [0.25, 0.3) is 0 Å². The monoisotopic (exact) mass is 334 g/mol. The van der Waals surface area contributed by atoms with Crippen LogP contribution in [0.5, 0.6) is 0 Å². The minimum Gasteiger partial charge on any atom is -0.481 e. The van der Waals surface area contributed by atoms with E-state index in [1.807, 2.05) is 5.92 Å². The van der Waals surface area contributed by atoms with Crippen molar-refractivity contribution in [2.24, 2.45) is 0 Å². The Balaban J connectivity index is 3.17. The lowest BCUT2D eigenvalue weighted by Gasteiger charge is -2.02. The third-order valence-corrected chi connectivity index (χ3v) is 3.76. The summed E-state index contributed by atoms with van der Waals surface area (Å²) in [4.78, 5) is 20.5. The summed E-state index contributed by atoms with van der Waals surface area (Å²) in [5, 5.41) is 16.8. The molecular weight excluding hydrogens is 304 g/mol. The molecule has 24 heavy (non-hydrogen) atoms. The number of aliphatic carboxylic acids is 2. The molecule has 4 heteroatoms. The zero-order chi connectivity index (χ0) is 17.9. The van der Waals surface area contributed by atoms with Crippen molar-refractivity contribution in [3.63, 3.8) is 0 Å². The normalized spacial score (nSPS) is 9.50. The van der Waals surface area contributed by atoms with Gasteiger partial charge in [-0.25, -0.2) is 4.79 Å². The molecule has 0 radical (unpaired) electrons. The van der Waals surface area contributed by atoms with Crippen molar-refractivity contribution in [2.45, 2.75) is 89.9 Å². The second-order valence-corrected chi connectivity index (χ2v) is 5.99. The molecule has 4 nitrogen and oxygen atoms in total. The molecule has 2 N–H and O–H groups in total. The van der Waals surface area contributed by atoms with E-state index in [-0.39, 0.29) is 0 Å². The van der Waals surface area contributed by atoms with Crippen LogP contribution >= 0.6 is 0 Å². The topological polar surface area (TPSA) is 74.6 Å². The predicted octanol–water partition coefficient (Wildman–Crippen LogP) is 4.62. The highest BCUT2D eigenvalue weighted by atomic mass is 16.4. The molecule has 0 saturated carbocycles. The van der Waals surface area contributed by atoms with Gasteiger partial charge in [-0.3, -0.25) is 4.79 Å². The van der Waals surface area contributed by atoms with Gasteiger partial charge in [0.05, 0.1) is 0 Å². The summed E-state index contributed by atoms with van der Waals surface area (Å²) < 4.78 is 0. The van der Waals surface area contributed by atoms with E-state index in [9.17, 15) is 9.59 Å². The standard InChI is InChI=1S/C20H30O4/c21-19(22)17-15-13-11-9-7-5-3-1-2-4-6-8-10-12-14-16-18-20(23)24/h1-11,13,15,17H2,(H,21,22)(H,23,24). The maximum atomic E-state index is 10.4. The van der Waals surface area contributed by atoms with Gasteiger partial charge in [0.15, 0.2) is 0 Å². The van der Waals surface area contributed by atoms with Crippen LogP contribution in [0.25, 0.3) is 0 Å². The van der Waals surface area contributed by atoms with Gasteiger partial charge < -0.3 is 10.2 Å². The van der Waals surface area contributed by atoms with E-state index in [1.54, 1.807) is 0 Å². The van der Waals surface area contributed by atoms with E-state index in [4.69, 9.17) is 10.2 Å². The lowest BCUT2D eigenvalue weighted by molar-refractivity contribution is -0.137. The zero-order valence-electron chi connectivity index (χ0n) is 14.6. The molecule has 0 bridgehead atoms. The number of carboxylic acids is 2. The van der Waals surface area contributed by atoms with Crippen molar-refractivity contribution < 1.29 is 19.8 Å². The molecule has 0 atom stereocenters. The fraction of sp³-hybridized carbons (Fsp3) is 0.700. The molecule has 0 aliphatic heterocycles. The lowest BCUT2D eigenvalue weighted by Crippen LogP contribution is -1.93. The molecule has 0 aromatic rings. The molecule has 0 rings (SSSR count). The second-order valence-electron chi connectivity index (χ2n) is 5.99. The van der Waals surface area contributed by atoms with Crippen LogP contribution in [-0.2, 0) is 9.59 Å². The fourth-order valence-corrected chi connectivity index (χ4v) is 2.45. The molecule has 0 aliphatic carbocycles. The van der Waals surface area contributed by atoms with E-state index in [1.165, 1.54) is 51.4 Å². The Hall–Kier alpha value is -1.94. The van der Waals surface area contributed by atoms with Crippen LogP contribution < -0.4 is 0 Å². The predicted molar refractivity (Wildman–Crippen MR) is 95.5 cm³/mol. The minimum absolute atomic E-state index is 0.307. The SMILES string of the molecule is O=C(O)C#CC#CCCCCCCCCCCCCCCC(=O)O. The highest BCUT2D eigenvalue weighted by molar-refractivity contribution is 5.87. The van der Waals surface area contributed by atoms with Crippen molar-refractivity contribution in [3.05, 3.63) is 0 Å². The van der Waals surface area contributed by atoms with Crippen LogP contribution in [-0.4, -0.2) is 22.2 Å². The second kappa shape index (κ2) is 17.4. The number of hydrogen-bond acceptors (Lipinski definition) is 2. The summed E-state index contributed by atoms with van der Waals surface area (Å²) >= 11 is 0. The summed E-state index contributed by atoms with van der Waals surface area (Å²) in [6, 6.07) is 0. The van der Waals surface area contributed by atoms with Gasteiger partial charge in [0, 0.05) is 18.8 Å². The molecule has 0 spiro atoms. The number of carbonyl (C=O) groups is 2. The van der Waals surface area contributed by atoms with Crippen LogP contribution in [0.3, 0.4) is 0 Å². The number of rotatable bonds is 14. The molecule has 0 aliphatic rings. The van der Waals surface area contributed by atoms with Gasteiger partial charge in [-0.05, 0) is 24.7 Å². The molecule has 0 amide bonds. The van der Waals surface area contributed by atoms with Gasteiger partial charge in [0.2, 0.25) is 0 Å². The third-order valence-electron chi connectivity index (χ3n) is 3.76. The molecular formula is C20H30O4. The lowest BCUT2D eigenvalue weighted by atomic mass is 10.0. The van der Waals surface area contributed by atoms with E-state index in [2.05, 4.69) is 17.8 Å². The fourth-order valence-electron chi connectivity index (χ4n) is 2.45. The number of carboxylic acid groups (broad SMARTS) is 2. The van der Waals surface area contributed by atoms with Crippen molar-refractivity contribution in [1.29, 1.82) is 0 Å². The molecule has 0 aromatic carbocycles. The van der Waals surface area contributed by atoms with Crippen LogP contribution in [0, 0.1) is 23.7 Å². The number of hydrogen-bond donors (Lipinski definition) is 2. The average molecular weight is 334 g/mol. The molecule has 134 valence electrons. The summed E-state index contributed by atoms with van der Waals surface area (Å²) in [6.45, 7) is 0. The Morgan fingerprint density at radius 3 is 1.54 bits per heavy atom. The largest absolute Gasteiger partial charge is 0.481 e. The first-order valence-electron chi connectivity index (χ1n) is 9.06. The molecule has 0 saturated heterocycles. The summed E-state index contributed by atoms with van der Waals surface area (Å²) in [6.07, 6.45) is 15.2. The van der Waals surface area contributed by atoms with E-state index in [0.29, 0.717) is 6.42 Å². The first kappa shape index (κ1) is 22.1. The molecule has 0 unspecified atom stereocenters. The minimum atomic E-state index is -1.14. The quantitative estimate of drug-likeness (QED) is 0.359. The van der Waals surface area contributed by atoms with Crippen molar-refractivity contribution in [1.82, 2.24) is 0 Å². The summed E-state index contributed by atoms with van der Waals surface area (Å²) in [5.41, 5.74) is 0. The third kappa shape index (κ3) is 20.1. The summed E-state index contributed by atoms with van der Waals surface area (Å²) in [5.74, 6) is 7.86. The van der Waals surface area contributed by atoms with E-state index >= 15 is 0 Å². The Morgan fingerprint density at radius 2 is 1.08 bits per heavy atom. The van der Waals surface area contributed by atoms with E-state index < -0.39 is 11.9 Å². The Bertz CT molecular complexity index is 460. The van der Waals surface area contributed by atoms with Gasteiger partial charge >= 0.3 is 11.9 Å². The molecule has 0 heterocycles. The Kier molecular flexibility index (Phi) is 16.0. The number of unbranched alkanes of at least 4 members (excludes halogenated alkanes) is 12. The maximum Gasteiger partial charge on any atom is 0.382 e. The van der Waals surface area contributed by atoms with Crippen molar-refractivity contribution >= 4 is 11.9 Å². The Labute approximate surface area is 146 Å². The maximum absolute atomic E-state index is 10.4. The molecule has 0 aromatic heterocycles. The highest BCUT2D eigenvalue weighted by Crippen LogP contribution is 2.12. The van der Waals surface area contributed by atoms with Crippen LogP contribution in [0.15, 0.2) is 0 Å². The smallest absolute Gasteiger partial charge is 0.382 e. The van der Waals surface area contributed by atoms with Crippen LogP contribution in [0.1, 0.15) is 89.9 Å². The van der Waals surface area contributed by atoms with Gasteiger partial charge in [-0.1, -0.05) is 70.1 Å². The van der Waals surface area contributed by atoms with E-state index in [0.717, 1.165) is 32.1 Å². The highest BCUT2D eigenvalue weighted by Gasteiger charge is 1.96. The molecule has 0 fully saturated rings. The van der Waals surface area contributed by atoms with Gasteiger partial charge in [-0.2, -0.15) is 0 Å². The summed E-state index contributed by atoms with van der Waals surface area (Å²) in [7, 11) is 0. The van der Waals surface area contributed by atoms with Gasteiger partial charge in [0.1, 0.15) is 0 Å². The van der Waals surface area contributed by atoms with Gasteiger partial charge in [-0.15, -0.1) is 0 Å². The Morgan fingerprint density at radius 1 is 0.625 bits per heavy atom. The van der Waals surface area contributed by atoms with Crippen LogP contribution in [0.4, 0.5) is 0 Å². The van der Waals surface area contributed by atoms with Crippen molar-refractivity contribution in [2.75, 3.05) is 0 Å². The average Bonchev–Trinajstić information content (AvgIpc) is 2.53. The van der Waals surface area contributed by atoms with Crippen LogP contribution in [0.2, 0.25) is 0 Å².